The molecule has 16 N–H and O–H groups in total. The van der Waals surface area contributed by atoms with Gasteiger partial charge >= 0.3 is 0 Å². The molecule has 0 aromatic carbocycles. The van der Waals surface area contributed by atoms with Gasteiger partial charge in [-0.3, -0.25) is 0 Å². The monoisotopic (exact) mass is 812 g/mol. The minimum atomic E-state index is -2.11. The molecule has 0 aromatic rings. The molecular weight excluding hydrogens is 760 g/mol. The average molecular weight is 813 g/mol. The van der Waals surface area contributed by atoms with E-state index in [-0.39, 0.29) is 0 Å². The molecular formula is C30H52O25. The summed E-state index contributed by atoms with van der Waals surface area (Å²) in [5.41, 5.74) is 0. The van der Waals surface area contributed by atoms with E-state index in [0.717, 1.165) is 0 Å². The summed E-state index contributed by atoms with van der Waals surface area (Å²) < 4.78 is 49.7. The van der Waals surface area contributed by atoms with Gasteiger partial charge in [-0.15, -0.1) is 0 Å². The maximum Gasteiger partial charge on any atom is 0.187 e. The van der Waals surface area contributed by atoms with Crippen molar-refractivity contribution in [2.24, 2.45) is 0 Å². The highest BCUT2D eigenvalue weighted by Gasteiger charge is 2.56. The standard InChI is InChI=1S/C30H52O25/c1-6-22(52-28-18(42)14(38)11(35)7(2-31)49-28)16(40)20(44)27(47-6)54-24-13(37)9(4-33)48-26(46)25(24)55-30-21(45)17(41)23(10(5-34)51-30)53-29-19(43)15(39)12(36)8(3-32)50-29/h6-46H,2-5H2,1H3/t6-,7+,8+,9+,10+,11+,12-,13+,14-,15-,16-,17+,18+,19+,20+,21+,22-,23+,24-,25+,26?,27-,28-,29-,30-/m0/s1. The quantitative estimate of drug-likeness (QED) is 0.0870. The van der Waals surface area contributed by atoms with Crippen LogP contribution in [-0.4, -0.2) is 262 Å². The second-order valence-corrected chi connectivity index (χ2v) is 13.9. The Hall–Kier alpha value is -1.00. The normalized spacial score (nSPS) is 53.9. The molecule has 55 heavy (non-hydrogen) atoms. The lowest BCUT2D eigenvalue weighted by Crippen LogP contribution is -2.68. The molecule has 25 nitrogen and oxygen atoms in total. The number of aliphatic hydroxyl groups excluding tert-OH is 16. The maximum absolute atomic E-state index is 11.1. The lowest BCUT2D eigenvalue weighted by Gasteiger charge is -2.49. The van der Waals surface area contributed by atoms with Crippen LogP contribution in [0.15, 0.2) is 0 Å². The molecule has 25 atom stereocenters. The van der Waals surface area contributed by atoms with Gasteiger partial charge in [0.2, 0.25) is 0 Å². The molecule has 0 aliphatic carbocycles. The highest BCUT2D eigenvalue weighted by Crippen LogP contribution is 2.35. The molecule has 5 fully saturated rings. The van der Waals surface area contributed by atoms with Gasteiger partial charge in [0, 0.05) is 0 Å². The number of hydrogen-bond donors (Lipinski definition) is 16. The van der Waals surface area contributed by atoms with Gasteiger partial charge in [0.05, 0.1) is 32.5 Å². The highest BCUT2D eigenvalue weighted by atomic mass is 16.8. The van der Waals surface area contributed by atoms with Crippen LogP contribution in [0.25, 0.3) is 0 Å². The van der Waals surface area contributed by atoms with Crippen LogP contribution in [0.3, 0.4) is 0 Å². The SMILES string of the molecule is C[C@@H]1O[C@@H](O[C@H]2[C@H](O)[C@@H](CO)OC(O)[C@@H]2O[C@@H]2O[C@H](CO)[C@@H](O[C@@H]3O[C@H](CO)[C@H](O)[C@H](O)[C@H]3O)[C@H](O)[C@H]2O)[C@H](O)[C@H](O)[C@H]1O[C@@H]1O[C@H](CO)[C@@H](O)[C@H](O)[C@H]1O. The molecule has 0 spiro atoms. The Morgan fingerprint density at radius 2 is 0.673 bits per heavy atom. The summed E-state index contributed by atoms with van der Waals surface area (Å²) in [6.07, 6.45) is -44.7. The summed E-state index contributed by atoms with van der Waals surface area (Å²) in [7, 11) is 0. The van der Waals surface area contributed by atoms with Crippen molar-refractivity contribution in [3.63, 3.8) is 0 Å². The van der Waals surface area contributed by atoms with Gasteiger partial charge in [-0.2, -0.15) is 0 Å². The van der Waals surface area contributed by atoms with Crippen molar-refractivity contribution in [3.8, 4) is 0 Å². The first-order valence-corrected chi connectivity index (χ1v) is 17.5. The summed E-state index contributed by atoms with van der Waals surface area (Å²) in [6, 6.07) is 0. The highest BCUT2D eigenvalue weighted by molar-refractivity contribution is 4.98. The Labute approximate surface area is 311 Å². The Kier molecular flexibility index (Phi) is 15.5. The van der Waals surface area contributed by atoms with Crippen LogP contribution in [0.5, 0.6) is 0 Å². The molecule has 0 saturated carbocycles. The van der Waals surface area contributed by atoms with Crippen LogP contribution >= 0.6 is 0 Å². The molecule has 0 amide bonds. The minimum absolute atomic E-state index is 0.779. The predicted molar refractivity (Wildman–Crippen MR) is 165 cm³/mol. The Morgan fingerprint density at radius 3 is 1.15 bits per heavy atom. The Bertz CT molecular complexity index is 1190. The third-order valence-corrected chi connectivity index (χ3v) is 10.3. The van der Waals surface area contributed by atoms with E-state index in [1.807, 2.05) is 0 Å². The van der Waals surface area contributed by atoms with Crippen LogP contribution < -0.4 is 0 Å². The molecule has 5 heterocycles. The Balaban J connectivity index is 1.29. The largest absolute Gasteiger partial charge is 0.394 e. The third kappa shape index (κ3) is 9.11. The minimum Gasteiger partial charge on any atom is -0.394 e. The summed E-state index contributed by atoms with van der Waals surface area (Å²) in [6.45, 7) is -2.11. The van der Waals surface area contributed by atoms with Crippen molar-refractivity contribution >= 4 is 0 Å². The van der Waals surface area contributed by atoms with E-state index in [4.69, 9.17) is 42.6 Å². The van der Waals surface area contributed by atoms with Gasteiger partial charge in [-0.05, 0) is 6.92 Å². The van der Waals surface area contributed by atoms with Gasteiger partial charge in [0.1, 0.15) is 116 Å². The first kappa shape index (κ1) is 45.1. The molecule has 0 radical (unpaired) electrons. The van der Waals surface area contributed by atoms with Crippen molar-refractivity contribution in [3.05, 3.63) is 0 Å². The zero-order valence-electron chi connectivity index (χ0n) is 29.1. The predicted octanol–water partition coefficient (Wildman–Crippen LogP) is -10.9. The molecule has 322 valence electrons. The fourth-order valence-electron chi connectivity index (χ4n) is 6.98. The summed E-state index contributed by atoms with van der Waals surface area (Å²) in [5, 5.41) is 166. The van der Waals surface area contributed by atoms with E-state index in [1.165, 1.54) is 6.92 Å². The number of ether oxygens (including phenoxy) is 9. The molecule has 5 rings (SSSR count). The van der Waals surface area contributed by atoms with Crippen LogP contribution in [0.4, 0.5) is 0 Å². The first-order valence-electron chi connectivity index (χ1n) is 17.5. The van der Waals surface area contributed by atoms with Gasteiger partial charge in [0.15, 0.2) is 31.5 Å². The second kappa shape index (κ2) is 18.9. The van der Waals surface area contributed by atoms with E-state index in [2.05, 4.69) is 0 Å². The zero-order chi connectivity index (χ0) is 40.6. The Morgan fingerprint density at radius 1 is 0.327 bits per heavy atom. The molecule has 5 aliphatic rings. The smallest absolute Gasteiger partial charge is 0.187 e. The molecule has 0 aromatic heterocycles. The summed E-state index contributed by atoms with van der Waals surface area (Å²) in [5.74, 6) is 0. The fraction of sp³-hybridized carbons (Fsp3) is 1.00. The van der Waals surface area contributed by atoms with Crippen LogP contribution in [0.2, 0.25) is 0 Å². The first-order chi connectivity index (χ1) is 26.0. The molecule has 1 unspecified atom stereocenters. The van der Waals surface area contributed by atoms with Crippen LogP contribution in [-0.2, 0) is 42.6 Å². The topological polar surface area (TPSA) is 407 Å². The lowest BCUT2D eigenvalue weighted by atomic mass is 9.95. The van der Waals surface area contributed by atoms with Crippen molar-refractivity contribution in [1.82, 2.24) is 0 Å². The van der Waals surface area contributed by atoms with Crippen LogP contribution in [0, 0.1) is 0 Å². The maximum atomic E-state index is 11.1. The number of aliphatic hydroxyl groups is 16. The summed E-state index contributed by atoms with van der Waals surface area (Å²) >= 11 is 0. The van der Waals surface area contributed by atoms with Crippen molar-refractivity contribution in [2.45, 2.75) is 160 Å². The van der Waals surface area contributed by atoms with E-state index < -0.39 is 180 Å². The van der Waals surface area contributed by atoms with Gasteiger partial charge in [-0.1, -0.05) is 0 Å². The van der Waals surface area contributed by atoms with Crippen LogP contribution in [0.1, 0.15) is 6.92 Å². The molecule has 0 bridgehead atoms. The van der Waals surface area contributed by atoms with E-state index in [9.17, 15) is 81.7 Å². The number of hydrogen-bond acceptors (Lipinski definition) is 25. The van der Waals surface area contributed by atoms with E-state index in [1.54, 1.807) is 0 Å². The van der Waals surface area contributed by atoms with Gasteiger partial charge in [0.25, 0.3) is 0 Å². The van der Waals surface area contributed by atoms with Gasteiger partial charge < -0.3 is 124 Å². The zero-order valence-corrected chi connectivity index (χ0v) is 29.1. The molecule has 5 aliphatic heterocycles. The fourth-order valence-corrected chi connectivity index (χ4v) is 6.98. The second-order valence-electron chi connectivity index (χ2n) is 13.9. The van der Waals surface area contributed by atoms with E-state index >= 15 is 0 Å². The average Bonchev–Trinajstić information content (AvgIpc) is 3.17. The summed E-state index contributed by atoms with van der Waals surface area (Å²) in [4.78, 5) is 0. The third-order valence-electron chi connectivity index (χ3n) is 10.3. The van der Waals surface area contributed by atoms with Crippen molar-refractivity contribution in [1.29, 1.82) is 0 Å². The van der Waals surface area contributed by atoms with E-state index in [0.29, 0.717) is 0 Å². The van der Waals surface area contributed by atoms with Crippen molar-refractivity contribution < 1.29 is 124 Å². The lowest BCUT2D eigenvalue weighted by molar-refractivity contribution is -0.399. The van der Waals surface area contributed by atoms with Crippen molar-refractivity contribution in [2.75, 3.05) is 26.4 Å². The number of rotatable bonds is 12. The van der Waals surface area contributed by atoms with Gasteiger partial charge in [-0.25, -0.2) is 0 Å². The molecule has 25 heteroatoms. The molecule has 5 saturated heterocycles.